The van der Waals surface area contributed by atoms with Gasteiger partial charge in [-0.2, -0.15) is 5.26 Å². The molecule has 1 rings (SSSR count). The van der Waals surface area contributed by atoms with Gasteiger partial charge in [0.25, 0.3) is 0 Å². The number of rotatable bonds is 0. The van der Waals surface area contributed by atoms with E-state index in [1.165, 1.54) is 0 Å². The molecule has 0 fully saturated rings. The molecule has 0 N–H and O–H groups in total. The molecule has 3 nitrogen and oxygen atoms in total. The molecule has 0 atom stereocenters. The Bertz CT molecular complexity index is 312. The fourth-order valence-corrected chi connectivity index (χ4v) is 0.939. The third-order valence-corrected chi connectivity index (χ3v) is 1.42. The summed E-state index contributed by atoms with van der Waals surface area (Å²) in [5.74, 6) is -0.426. The van der Waals surface area contributed by atoms with Crippen molar-refractivity contribution in [3.8, 4) is 11.9 Å². The summed E-state index contributed by atoms with van der Waals surface area (Å²) in [6.07, 6.45) is 0. The maximum Gasteiger partial charge on any atom is 2.00 e. The molecule has 0 saturated heterocycles. The molecule has 1 aromatic heterocycles. The second kappa shape index (κ2) is 6.17. The predicted octanol–water partition coefficient (Wildman–Crippen LogP) is -2.35. The van der Waals surface area contributed by atoms with Gasteiger partial charge in [-0.3, -0.25) is 4.98 Å². The summed E-state index contributed by atoms with van der Waals surface area (Å²) in [6, 6.07) is 3.54. The maximum atomic E-state index is 11.0. The molecule has 0 aliphatic rings. The molecular formula is C8H7ClHgN2O. The van der Waals surface area contributed by atoms with E-state index in [9.17, 15) is 5.11 Å². The minimum atomic E-state index is -0.426. The van der Waals surface area contributed by atoms with Crippen LogP contribution >= 0.6 is 0 Å². The average molecular weight is 383 g/mol. The summed E-state index contributed by atoms with van der Waals surface area (Å²) < 4.78 is 0. The van der Waals surface area contributed by atoms with Crippen LogP contribution in [0.1, 0.15) is 16.8 Å². The first-order valence-corrected chi connectivity index (χ1v) is 3.20. The molecule has 13 heavy (non-hydrogen) atoms. The van der Waals surface area contributed by atoms with Crippen LogP contribution in [0.2, 0.25) is 0 Å². The molecule has 64 valence electrons. The van der Waals surface area contributed by atoms with Gasteiger partial charge in [-0.05, 0) is 25.5 Å². The van der Waals surface area contributed by atoms with E-state index in [2.05, 4.69) is 4.98 Å². The Kier molecular flexibility index (Phi) is 7.19. The zero-order chi connectivity index (χ0) is 8.43. The molecule has 0 saturated carbocycles. The minimum Gasteiger partial charge on any atom is -1.00 e. The Morgan fingerprint density at radius 1 is 1.46 bits per heavy atom. The first-order valence-electron chi connectivity index (χ1n) is 3.20. The molecular weight excluding hydrogens is 376 g/mol. The van der Waals surface area contributed by atoms with E-state index in [4.69, 9.17) is 5.26 Å². The summed E-state index contributed by atoms with van der Waals surface area (Å²) in [5.41, 5.74) is 1.51. The van der Waals surface area contributed by atoms with E-state index < -0.39 is 5.88 Å². The summed E-state index contributed by atoms with van der Waals surface area (Å²) in [7, 11) is 0. The normalized spacial score (nSPS) is 7.77. The zero-order valence-electron chi connectivity index (χ0n) is 7.47. The van der Waals surface area contributed by atoms with Crippen molar-refractivity contribution in [3.63, 3.8) is 0 Å². The van der Waals surface area contributed by atoms with Gasteiger partial charge in [0.05, 0.1) is 5.56 Å². The predicted molar refractivity (Wildman–Crippen MR) is 37.9 cm³/mol. The van der Waals surface area contributed by atoms with E-state index in [0.29, 0.717) is 11.3 Å². The van der Waals surface area contributed by atoms with Crippen molar-refractivity contribution >= 4 is 0 Å². The number of nitriles is 1. The quantitative estimate of drug-likeness (QED) is 0.472. The number of hydrogen-bond donors (Lipinski definition) is 0. The Hall–Kier alpha value is -0.335. The third-order valence-electron chi connectivity index (χ3n) is 1.42. The number of aromatic nitrogens is 1. The fourth-order valence-electron chi connectivity index (χ4n) is 0.939. The van der Waals surface area contributed by atoms with Crippen molar-refractivity contribution in [1.29, 1.82) is 5.26 Å². The van der Waals surface area contributed by atoms with Crippen LogP contribution in [0.4, 0.5) is 0 Å². The summed E-state index contributed by atoms with van der Waals surface area (Å²) >= 11 is 0. The Balaban J connectivity index is 0. The van der Waals surface area contributed by atoms with Gasteiger partial charge < -0.3 is 17.5 Å². The zero-order valence-corrected chi connectivity index (χ0v) is 13.7. The molecule has 0 aliphatic heterocycles. The first-order chi connectivity index (χ1) is 5.15. The smallest absolute Gasteiger partial charge is 1.00 e. The Morgan fingerprint density at radius 3 is 2.38 bits per heavy atom. The van der Waals surface area contributed by atoms with Crippen LogP contribution in [-0.2, 0) is 27.7 Å². The van der Waals surface area contributed by atoms with Crippen LogP contribution < -0.4 is 17.5 Å². The van der Waals surface area contributed by atoms with Crippen LogP contribution in [-0.4, -0.2) is 4.98 Å². The van der Waals surface area contributed by atoms with Crippen molar-refractivity contribution in [2.45, 2.75) is 13.8 Å². The third kappa shape index (κ3) is 3.49. The summed E-state index contributed by atoms with van der Waals surface area (Å²) in [4.78, 5) is 3.63. The second-order valence-corrected chi connectivity index (χ2v) is 2.37. The van der Waals surface area contributed by atoms with E-state index in [-0.39, 0.29) is 45.6 Å². The van der Waals surface area contributed by atoms with Crippen molar-refractivity contribution < 1.29 is 45.2 Å². The molecule has 0 aromatic carbocycles. The molecule has 0 bridgehead atoms. The van der Waals surface area contributed by atoms with Crippen molar-refractivity contribution in [2.75, 3.05) is 0 Å². The van der Waals surface area contributed by atoms with Crippen molar-refractivity contribution in [2.24, 2.45) is 0 Å². The largest absolute Gasteiger partial charge is 2.00 e. The van der Waals surface area contributed by atoms with E-state index in [1.54, 1.807) is 19.9 Å². The van der Waals surface area contributed by atoms with Gasteiger partial charge in [-0.1, -0.05) is 0 Å². The SMILES string of the molecule is Cc1cc(C)c(C#N)c([O-])n1.[Cl-].[Hg+2]. The van der Waals surface area contributed by atoms with E-state index in [0.717, 1.165) is 0 Å². The molecule has 0 spiro atoms. The fraction of sp³-hybridized carbons (Fsp3) is 0.250. The Morgan fingerprint density at radius 2 is 2.00 bits per heavy atom. The van der Waals surface area contributed by atoms with Gasteiger partial charge in [-0.25, -0.2) is 0 Å². The van der Waals surface area contributed by atoms with Gasteiger partial charge in [0, 0.05) is 11.6 Å². The number of nitrogens with zero attached hydrogens (tertiary/aromatic N) is 2. The van der Waals surface area contributed by atoms with Gasteiger partial charge in [0.1, 0.15) is 6.07 Å². The summed E-state index contributed by atoms with van der Waals surface area (Å²) in [5, 5.41) is 19.5. The first kappa shape index (κ1) is 15.2. The van der Waals surface area contributed by atoms with Crippen molar-refractivity contribution in [1.82, 2.24) is 4.98 Å². The monoisotopic (exact) mass is 384 g/mol. The van der Waals surface area contributed by atoms with Crippen LogP contribution in [0.3, 0.4) is 0 Å². The van der Waals surface area contributed by atoms with Gasteiger partial charge in [0.2, 0.25) is 0 Å². The molecule has 5 heteroatoms. The van der Waals surface area contributed by atoms with Gasteiger partial charge in [-0.15, -0.1) is 0 Å². The minimum absolute atomic E-state index is 0. The standard InChI is InChI=1S/C8H8N2O.ClH.Hg/c1-5-3-6(2)10-8(11)7(5)4-9;;/h3H,1-2H3,(H,10,11);1H;/q;;+2/p-2. The molecule has 0 aliphatic carbocycles. The number of halogens is 1. The molecule has 0 unspecified atom stereocenters. The number of aryl methyl sites for hydroxylation is 2. The Labute approximate surface area is 104 Å². The molecule has 1 aromatic rings. The van der Waals surface area contributed by atoms with Gasteiger partial charge >= 0.3 is 27.7 Å². The average Bonchev–Trinajstić information content (AvgIpc) is 1.85. The summed E-state index contributed by atoms with van der Waals surface area (Å²) in [6.45, 7) is 3.46. The van der Waals surface area contributed by atoms with Crippen LogP contribution in [0, 0.1) is 25.2 Å². The number of hydrogen-bond acceptors (Lipinski definition) is 3. The maximum absolute atomic E-state index is 11.0. The topological polar surface area (TPSA) is 59.7 Å². The van der Waals surface area contributed by atoms with Crippen molar-refractivity contribution in [3.05, 3.63) is 22.9 Å². The molecule has 0 radical (unpaired) electrons. The van der Waals surface area contributed by atoms with E-state index in [1.807, 2.05) is 6.07 Å². The van der Waals surface area contributed by atoms with Crippen LogP contribution in [0.15, 0.2) is 6.07 Å². The molecule has 0 amide bonds. The van der Waals surface area contributed by atoms with Gasteiger partial charge in [0.15, 0.2) is 0 Å². The molecule has 1 heterocycles. The van der Waals surface area contributed by atoms with E-state index >= 15 is 0 Å². The van der Waals surface area contributed by atoms with Crippen LogP contribution in [0.25, 0.3) is 0 Å². The number of pyridine rings is 1. The van der Waals surface area contributed by atoms with Crippen LogP contribution in [0.5, 0.6) is 5.88 Å². The second-order valence-electron chi connectivity index (χ2n) is 2.37.